The van der Waals surface area contributed by atoms with Crippen molar-refractivity contribution in [3.05, 3.63) is 58.1 Å². The SMILES string of the molecule is CS(=O)(=O)N1CCC(C(=O)N(CCCN2CCC(Cc3ccc(N(S(C)(=O)=O)S(C)(=O)=O)cc3)CC2)c2ccc(Cl)c(Cl)c2)CC1. The van der Waals surface area contributed by atoms with E-state index in [1.54, 1.807) is 35.2 Å². The topological polar surface area (TPSA) is 132 Å². The monoisotopic (exact) mass is 736 g/mol. The Balaban J connectivity index is 1.31. The normalized spacial score (nSPS) is 18.0. The van der Waals surface area contributed by atoms with E-state index in [9.17, 15) is 30.0 Å². The Morgan fingerprint density at radius 2 is 1.35 bits per heavy atom. The summed E-state index contributed by atoms with van der Waals surface area (Å²) in [5.41, 5.74) is 1.78. The molecule has 16 heteroatoms. The van der Waals surface area contributed by atoms with E-state index in [1.807, 2.05) is 0 Å². The molecule has 2 aromatic rings. The molecule has 1 amide bonds. The van der Waals surface area contributed by atoms with Crippen LogP contribution in [-0.4, -0.2) is 98.4 Å². The second-order valence-electron chi connectivity index (χ2n) is 12.3. The van der Waals surface area contributed by atoms with Gasteiger partial charge in [0.05, 0.1) is 34.5 Å². The third kappa shape index (κ3) is 9.80. The number of sulfonamides is 3. The van der Waals surface area contributed by atoms with Crippen molar-refractivity contribution in [3.63, 3.8) is 0 Å². The zero-order chi connectivity index (χ0) is 33.9. The molecule has 0 spiro atoms. The van der Waals surface area contributed by atoms with Crippen molar-refractivity contribution in [1.29, 1.82) is 0 Å². The molecule has 0 atom stereocenters. The number of hydrogen-bond donors (Lipinski definition) is 0. The van der Waals surface area contributed by atoms with Crippen molar-refractivity contribution < 1.29 is 30.0 Å². The molecule has 0 aliphatic carbocycles. The lowest BCUT2D eigenvalue weighted by molar-refractivity contribution is -0.123. The van der Waals surface area contributed by atoms with Gasteiger partial charge in [0.25, 0.3) is 0 Å². The van der Waals surface area contributed by atoms with Gasteiger partial charge in [0, 0.05) is 31.2 Å². The summed E-state index contributed by atoms with van der Waals surface area (Å²) in [5, 5.41) is 0.770. The van der Waals surface area contributed by atoms with Crippen LogP contribution < -0.4 is 8.61 Å². The standard InChI is InChI=1S/C30H42Cl2N4O7S3/c1-44(38,39)34-19-13-25(14-20-34)30(37)35(27-9-10-28(31)29(32)22-27)16-4-15-33-17-11-24(12-18-33)21-23-5-7-26(8-6-23)36(45(2,40)41)46(3,42)43/h5-10,22,24-25H,4,11-21H2,1-3H3. The molecule has 46 heavy (non-hydrogen) atoms. The van der Waals surface area contributed by atoms with Crippen LogP contribution in [0.15, 0.2) is 42.5 Å². The highest BCUT2D eigenvalue weighted by molar-refractivity contribution is 8.09. The molecule has 11 nitrogen and oxygen atoms in total. The second-order valence-corrected chi connectivity index (χ2v) is 18.9. The van der Waals surface area contributed by atoms with Crippen LogP contribution in [-0.2, 0) is 41.3 Å². The van der Waals surface area contributed by atoms with Gasteiger partial charge in [0.15, 0.2) is 0 Å². The molecule has 2 aliphatic heterocycles. The molecule has 256 valence electrons. The fourth-order valence-electron chi connectivity index (χ4n) is 6.26. The van der Waals surface area contributed by atoms with Gasteiger partial charge < -0.3 is 9.80 Å². The van der Waals surface area contributed by atoms with E-state index in [1.165, 1.54) is 22.7 Å². The number of likely N-dealkylation sites (tertiary alicyclic amines) is 1. The number of piperidine rings is 2. The van der Waals surface area contributed by atoms with E-state index in [-0.39, 0.29) is 17.5 Å². The van der Waals surface area contributed by atoms with Gasteiger partial charge in [0.2, 0.25) is 36.0 Å². The number of hydrogen-bond acceptors (Lipinski definition) is 8. The quantitative estimate of drug-likeness (QED) is 0.319. The second kappa shape index (κ2) is 15.1. The summed E-state index contributed by atoms with van der Waals surface area (Å²) >= 11 is 12.4. The van der Waals surface area contributed by atoms with Crippen molar-refractivity contribution in [1.82, 2.24) is 9.21 Å². The highest BCUT2D eigenvalue weighted by Crippen LogP contribution is 2.31. The van der Waals surface area contributed by atoms with Crippen molar-refractivity contribution in [3.8, 4) is 0 Å². The molecular weight excluding hydrogens is 695 g/mol. The largest absolute Gasteiger partial charge is 0.312 e. The van der Waals surface area contributed by atoms with Gasteiger partial charge in [0.1, 0.15) is 0 Å². The molecule has 2 fully saturated rings. The average Bonchev–Trinajstić information content (AvgIpc) is 2.96. The molecule has 2 heterocycles. The average molecular weight is 738 g/mol. The van der Waals surface area contributed by atoms with Gasteiger partial charge in [-0.25, -0.2) is 29.6 Å². The van der Waals surface area contributed by atoms with Crippen molar-refractivity contribution in [2.24, 2.45) is 11.8 Å². The van der Waals surface area contributed by atoms with Crippen molar-refractivity contribution in [2.45, 2.75) is 38.5 Å². The minimum absolute atomic E-state index is 0.0348. The highest BCUT2D eigenvalue weighted by Gasteiger charge is 2.32. The van der Waals surface area contributed by atoms with E-state index < -0.39 is 30.1 Å². The van der Waals surface area contributed by atoms with E-state index in [4.69, 9.17) is 23.2 Å². The van der Waals surface area contributed by atoms with E-state index in [0.717, 1.165) is 63.4 Å². The zero-order valence-corrected chi connectivity index (χ0v) is 30.3. The molecule has 2 saturated heterocycles. The van der Waals surface area contributed by atoms with Crippen molar-refractivity contribution >= 4 is 70.6 Å². The number of nitrogens with zero attached hydrogens (tertiary/aromatic N) is 4. The van der Waals surface area contributed by atoms with Crippen LogP contribution in [0.1, 0.15) is 37.7 Å². The summed E-state index contributed by atoms with van der Waals surface area (Å²) in [5.74, 6) is 0.126. The summed E-state index contributed by atoms with van der Waals surface area (Å²) in [6.45, 7) is 3.76. The van der Waals surface area contributed by atoms with Gasteiger partial charge in [-0.05, 0) is 100.0 Å². The Kier molecular flexibility index (Phi) is 12.1. The number of carbonyl (C=O) groups excluding carboxylic acids is 1. The Morgan fingerprint density at radius 1 is 0.783 bits per heavy atom. The van der Waals surface area contributed by atoms with Crippen LogP contribution in [0.3, 0.4) is 0 Å². The van der Waals surface area contributed by atoms with Crippen LogP contribution in [0.4, 0.5) is 11.4 Å². The Bertz CT molecular complexity index is 1670. The van der Waals surface area contributed by atoms with Crippen LogP contribution in [0.2, 0.25) is 10.0 Å². The number of rotatable bonds is 12. The predicted molar refractivity (Wildman–Crippen MR) is 184 cm³/mol. The molecule has 2 aliphatic rings. The van der Waals surface area contributed by atoms with E-state index in [0.29, 0.717) is 57.8 Å². The minimum atomic E-state index is -3.99. The number of amides is 1. The highest BCUT2D eigenvalue weighted by atomic mass is 35.5. The first kappa shape index (κ1) is 36.9. The molecule has 0 saturated carbocycles. The number of benzene rings is 2. The Morgan fingerprint density at radius 3 is 1.87 bits per heavy atom. The van der Waals surface area contributed by atoms with Gasteiger partial charge in [-0.2, -0.15) is 3.71 Å². The first-order valence-corrected chi connectivity index (χ1v) is 21.5. The maximum absolute atomic E-state index is 13.7. The summed E-state index contributed by atoms with van der Waals surface area (Å²) in [7, 11) is -11.3. The van der Waals surface area contributed by atoms with E-state index in [2.05, 4.69) is 4.90 Å². The smallest absolute Gasteiger partial charge is 0.245 e. The molecular formula is C30H42Cl2N4O7S3. The first-order valence-electron chi connectivity index (χ1n) is 15.2. The van der Waals surface area contributed by atoms with Gasteiger partial charge in [-0.15, -0.1) is 0 Å². The number of carbonyl (C=O) groups is 1. The third-order valence-electron chi connectivity index (χ3n) is 8.59. The molecule has 4 rings (SSSR count). The molecule has 2 aromatic carbocycles. The maximum atomic E-state index is 13.7. The summed E-state index contributed by atoms with van der Waals surface area (Å²) in [4.78, 5) is 17.9. The van der Waals surface area contributed by atoms with Crippen molar-refractivity contribution in [2.75, 3.05) is 66.6 Å². The van der Waals surface area contributed by atoms with Crippen LogP contribution in [0.5, 0.6) is 0 Å². The summed E-state index contributed by atoms with van der Waals surface area (Å²) in [6.07, 6.45) is 7.37. The third-order valence-corrected chi connectivity index (χ3v) is 13.9. The van der Waals surface area contributed by atoms with Gasteiger partial charge in [-0.1, -0.05) is 35.3 Å². The lowest BCUT2D eigenvalue weighted by atomic mass is 9.90. The maximum Gasteiger partial charge on any atom is 0.245 e. The minimum Gasteiger partial charge on any atom is -0.312 e. The van der Waals surface area contributed by atoms with Crippen LogP contribution in [0.25, 0.3) is 0 Å². The number of halogens is 2. The predicted octanol–water partition coefficient (Wildman–Crippen LogP) is 4.07. The summed E-state index contributed by atoms with van der Waals surface area (Å²) < 4.78 is 74.0. The number of anilines is 2. The van der Waals surface area contributed by atoms with Gasteiger partial charge >= 0.3 is 0 Å². The molecule has 0 radical (unpaired) electrons. The fraction of sp³-hybridized carbons (Fsp3) is 0.567. The fourth-order valence-corrected chi connectivity index (χ4v) is 10.4. The first-order chi connectivity index (χ1) is 21.4. The van der Waals surface area contributed by atoms with Crippen LogP contribution >= 0.6 is 23.2 Å². The zero-order valence-electron chi connectivity index (χ0n) is 26.3. The molecule has 0 unspecified atom stereocenters. The lowest BCUT2D eigenvalue weighted by Gasteiger charge is -2.35. The molecule has 0 N–H and O–H groups in total. The van der Waals surface area contributed by atoms with E-state index >= 15 is 0 Å². The molecule has 0 bridgehead atoms. The Hall–Kier alpha value is -1.94. The van der Waals surface area contributed by atoms with Crippen LogP contribution in [0, 0.1) is 11.8 Å². The lowest BCUT2D eigenvalue weighted by Crippen LogP contribution is -2.45. The van der Waals surface area contributed by atoms with Gasteiger partial charge in [-0.3, -0.25) is 4.79 Å². The molecule has 0 aromatic heterocycles. The Labute approximate surface area is 283 Å². The summed E-state index contributed by atoms with van der Waals surface area (Å²) in [6, 6.07) is 11.8.